The summed E-state index contributed by atoms with van der Waals surface area (Å²) in [7, 11) is 3.06. The molecule has 0 N–H and O–H groups in total. The zero-order chi connectivity index (χ0) is 26.6. The summed E-state index contributed by atoms with van der Waals surface area (Å²) in [4.78, 5) is 13.2. The van der Waals surface area contributed by atoms with Gasteiger partial charge in [0, 0.05) is 32.5 Å². The number of thioether (sulfide) groups is 1. The average Bonchev–Trinajstić information content (AvgIpc) is 3.14. The van der Waals surface area contributed by atoms with E-state index in [0.29, 0.717) is 29.2 Å². The van der Waals surface area contributed by atoms with Gasteiger partial charge in [0.05, 0.1) is 6.10 Å². The van der Waals surface area contributed by atoms with Gasteiger partial charge in [0.1, 0.15) is 29.3 Å². The molecule has 0 aliphatic carbocycles. The fourth-order valence-electron chi connectivity index (χ4n) is 3.82. The summed E-state index contributed by atoms with van der Waals surface area (Å²) >= 11 is 1.70. The van der Waals surface area contributed by atoms with Crippen molar-refractivity contribution in [2.75, 3.05) is 33.6 Å². The third-order valence-corrected chi connectivity index (χ3v) is 6.43. The van der Waals surface area contributed by atoms with Gasteiger partial charge in [-0.15, -0.1) is 13.2 Å². The van der Waals surface area contributed by atoms with Crippen molar-refractivity contribution >= 4 is 17.7 Å². The topological polar surface area (TPSA) is 81.7 Å². The van der Waals surface area contributed by atoms with Gasteiger partial charge in [-0.2, -0.15) is 11.8 Å². The lowest BCUT2D eigenvalue weighted by Gasteiger charge is -2.19. The van der Waals surface area contributed by atoms with Gasteiger partial charge in [0.25, 0.3) is 0 Å². The lowest BCUT2D eigenvalue weighted by molar-refractivity contribution is -0.143. The number of methoxy groups -OCH3 is 2. The Morgan fingerprint density at radius 2 is 1.89 bits per heavy atom. The molecule has 1 aromatic rings. The maximum absolute atomic E-state index is 13.2. The third kappa shape index (κ3) is 9.44. The van der Waals surface area contributed by atoms with E-state index < -0.39 is 11.8 Å². The molecular weight excluding hydrogens is 484 g/mol. The zero-order valence-electron chi connectivity index (χ0n) is 22.1. The third-order valence-electron chi connectivity index (χ3n) is 5.33. The molecule has 1 aromatic carbocycles. The molecule has 3 atom stereocenters. The molecule has 0 spiro atoms. The van der Waals surface area contributed by atoms with Gasteiger partial charge in [-0.3, -0.25) is 0 Å². The largest absolute Gasteiger partial charge is 0.467 e. The van der Waals surface area contributed by atoms with Gasteiger partial charge in [-0.25, -0.2) is 4.79 Å². The van der Waals surface area contributed by atoms with Crippen molar-refractivity contribution < 1.29 is 38.0 Å². The van der Waals surface area contributed by atoms with Gasteiger partial charge in [-0.05, 0) is 51.0 Å². The van der Waals surface area contributed by atoms with E-state index in [0.717, 1.165) is 24.2 Å². The van der Waals surface area contributed by atoms with E-state index in [1.165, 1.54) is 7.11 Å². The van der Waals surface area contributed by atoms with Crippen molar-refractivity contribution in [3.05, 3.63) is 48.6 Å². The number of rotatable bonds is 17. The number of carbonyl (C=O) groups is 1. The molecule has 9 heteroatoms. The Hall–Kier alpha value is -2.04. The predicted molar refractivity (Wildman–Crippen MR) is 141 cm³/mol. The number of hydrogen-bond donors (Lipinski definition) is 0. The fraction of sp³-hybridized carbons (Fsp3) is 0.593. The van der Waals surface area contributed by atoms with E-state index in [1.54, 1.807) is 37.1 Å². The number of carbonyl (C=O) groups excluding carboxylic acids is 1. The highest BCUT2D eigenvalue weighted by molar-refractivity contribution is 7.98. The molecule has 2 rings (SSSR count). The first-order valence-electron chi connectivity index (χ1n) is 12.0. The van der Waals surface area contributed by atoms with E-state index >= 15 is 0 Å². The van der Waals surface area contributed by atoms with Crippen LogP contribution in [0.2, 0.25) is 0 Å². The van der Waals surface area contributed by atoms with E-state index in [4.69, 9.17) is 33.2 Å². The second-order valence-electron chi connectivity index (χ2n) is 8.87. The summed E-state index contributed by atoms with van der Waals surface area (Å²) in [6.45, 7) is 13.3. The van der Waals surface area contributed by atoms with E-state index in [-0.39, 0.29) is 31.9 Å². The molecule has 8 nitrogen and oxygen atoms in total. The standard InChI is InChI=1S/C27H40O8S/c1-8-11-19(3)33-26(28)25-20(14-21(31-17-29-6)15-24(25)32-18-30-7)16-36-13-10-12-23-22(9-2)34-27(4,5)35-23/h8-9,14-15,19,22-23H,1-2,10-13,16-18H2,3-7H3/t19-,22+,23-/m0/s1. The van der Waals surface area contributed by atoms with Crippen LogP contribution >= 0.6 is 11.8 Å². The molecule has 36 heavy (non-hydrogen) atoms. The molecule has 0 saturated carbocycles. The lowest BCUT2D eigenvalue weighted by Crippen LogP contribution is -2.21. The summed E-state index contributed by atoms with van der Waals surface area (Å²) in [5.74, 6) is 1.23. The number of ether oxygens (including phenoxy) is 7. The fourth-order valence-corrected chi connectivity index (χ4v) is 4.78. The van der Waals surface area contributed by atoms with Crippen molar-refractivity contribution in [3.63, 3.8) is 0 Å². The second-order valence-corrected chi connectivity index (χ2v) is 9.97. The predicted octanol–water partition coefficient (Wildman–Crippen LogP) is 5.49. The molecule has 0 bridgehead atoms. The van der Waals surface area contributed by atoms with Crippen LogP contribution in [0.25, 0.3) is 0 Å². The minimum atomic E-state index is -0.601. The molecule has 1 aliphatic rings. The van der Waals surface area contributed by atoms with Gasteiger partial charge in [0.2, 0.25) is 0 Å². The van der Waals surface area contributed by atoms with Crippen molar-refractivity contribution in [1.29, 1.82) is 0 Å². The smallest absolute Gasteiger partial charge is 0.342 e. The maximum Gasteiger partial charge on any atom is 0.342 e. The molecule has 1 aliphatic heterocycles. The molecule has 1 saturated heterocycles. The van der Waals surface area contributed by atoms with Gasteiger partial charge < -0.3 is 33.2 Å². The summed E-state index contributed by atoms with van der Waals surface area (Å²) in [5, 5.41) is 0. The molecule has 1 heterocycles. The van der Waals surface area contributed by atoms with Crippen LogP contribution in [-0.4, -0.2) is 63.6 Å². The molecule has 0 aromatic heterocycles. The van der Waals surface area contributed by atoms with Crippen molar-refractivity contribution in [2.24, 2.45) is 0 Å². The first-order chi connectivity index (χ1) is 17.2. The van der Waals surface area contributed by atoms with Crippen LogP contribution in [-0.2, 0) is 29.4 Å². The van der Waals surface area contributed by atoms with E-state index in [1.807, 2.05) is 26.8 Å². The highest BCUT2D eigenvalue weighted by Gasteiger charge is 2.39. The highest BCUT2D eigenvalue weighted by atomic mass is 32.2. The van der Waals surface area contributed by atoms with Crippen LogP contribution in [0, 0.1) is 0 Å². The van der Waals surface area contributed by atoms with Crippen LogP contribution in [0.15, 0.2) is 37.4 Å². The van der Waals surface area contributed by atoms with Crippen molar-refractivity contribution in [1.82, 2.24) is 0 Å². The van der Waals surface area contributed by atoms with Crippen molar-refractivity contribution in [2.45, 2.75) is 69.9 Å². The van der Waals surface area contributed by atoms with Gasteiger partial charge >= 0.3 is 5.97 Å². The Bertz CT molecular complexity index is 856. The minimum Gasteiger partial charge on any atom is -0.467 e. The first-order valence-corrected chi connectivity index (χ1v) is 13.2. The summed E-state index contributed by atoms with van der Waals surface area (Å²) in [5.41, 5.74) is 1.11. The summed E-state index contributed by atoms with van der Waals surface area (Å²) < 4.78 is 39.0. The van der Waals surface area contributed by atoms with E-state index in [9.17, 15) is 4.79 Å². The minimum absolute atomic E-state index is 0.0187. The van der Waals surface area contributed by atoms with Crippen molar-refractivity contribution in [3.8, 4) is 11.5 Å². The summed E-state index contributed by atoms with van der Waals surface area (Å²) in [6.07, 6.45) is 5.39. The van der Waals surface area contributed by atoms with Crippen LogP contribution in [0.5, 0.6) is 11.5 Å². The normalized spacial score (nSPS) is 19.5. The quantitative estimate of drug-likeness (QED) is 0.114. The molecular formula is C27H40O8S. The maximum atomic E-state index is 13.2. The van der Waals surface area contributed by atoms with Crippen LogP contribution < -0.4 is 9.47 Å². The number of hydrogen-bond acceptors (Lipinski definition) is 9. The first kappa shape index (κ1) is 30.2. The van der Waals surface area contributed by atoms with Crippen LogP contribution in [0.3, 0.4) is 0 Å². The van der Waals surface area contributed by atoms with Crippen LogP contribution in [0.4, 0.5) is 0 Å². The van der Waals surface area contributed by atoms with Gasteiger partial charge in [0.15, 0.2) is 19.4 Å². The monoisotopic (exact) mass is 524 g/mol. The number of benzene rings is 1. The second kappa shape index (κ2) is 15.3. The summed E-state index contributed by atoms with van der Waals surface area (Å²) in [6, 6.07) is 3.47. The molecule has 0 radical (unpaired) electrons. The van der Waals surface area contributed by atoms with Crippen LogP contribution in [0.1, 0.15) is 56.0 Å². The highest BCUT2D eigenvalue weighted by Crippen LogP contribution is 2.34. The Morgan fingerprint density at radius 3 is 2.56 bits per heavy atom. The van der Waals surface area contributed by atoms with E-state index in [2.05, 4.69) is 13.2 Å². The Labute approximate surface area is 219 Å². The molecule has 202 valence electrons. The van der Waals surface area contributed by atoms with Gasteiger partial charge in [-0.1, -0.05) is 12.2 Å². The average molecular weight is 525 g/mol. The molecule has 0 amide bonds. The zero-order valence-corrected chi connectivity index (χ0v) is 22.9. The Balaban J connectivity index is 2.14. The Kier molecular flexibility index (Phi) is 12.8. The lowest BCUT2D eigenvalue weighted by atomic mass is 10.1. The molecule has 1 fully saturated rings. The molecule has 0 unspecified atom stereocenters. The Morgan fingerprint density at radius 1 is 1.17 bits per heavy atom. The SMILES string of the molecule is C=CC[C@H](C)OC(=O)c1c(CSCCC[C@@H]2OC(C)(C)O[C@@H]2C=C)cc(OCOC)cc1OCOC. The number of esters is 1.